The second-order valence-electron chi connectivity index (χ2n) is 3.81. The molecule has 0 aliphatic rings. The Morgan fingerprint density at radius 3 is 2.11 bits per heavy atom. The van der Waals surface area contributed by atoms with Gasteiger partial charge in [-0.2, -0.15) is 0 Å². The molecule has 0 amide bonds. The molecule has 0 spiro atoms. The minimum Gasteiger partial charge on any atom is -0.320 e. The van der Waals surface area contributed by atoms with E-state index in [9.17, 15) is 8.78 Å². The normalized spacial score (nSPS) is 12.5. The van der Waals surface area contributed by atoms with Gasteiger partial charge in [0.05, 0.1) is 6.04 Å². The van der Waals surface area contributed by atoms with Gasteiger partial charge >= 0.3 is 0 Å². The average Bonchev–Trinajstić information content (AvgIpc) is 2.31. The SMILES string of the molecule is NC(c1ccc(Br)cc1F)c1cc(Br)ccc1F. The third-order valence-electron chi connectivity index (χ3n) is 2.59. The van der Waals surface area contributed by atoms with Crippen LogP contribution < -0.4 is 5.73 Å². The van der Waals surface area contributed by atoms with E-state index in [1.165, 1.54) is 12.1 Å². The summed E-state index contributed by atoms with van der Waals surface area (Å²) in [6.45, 7) is 0. The lowest BCUT2D eigenvalue weighted by atomic mass is 9.99. The minimum absolute atomic E-state index is 0.255. The molecule has 0 aliphatic carbocycles. The highest BCUT2D eigenvalue weighted by atomic mass is 79.9. The van der Waals surface area contributed by atoms with Gasteiger partial charge in [-0.25, -0.2) is 8.78 Å². The van der Waals surface area contributed by atoms with E-state index in [1.54, 1.807) is 24.3 Å². The molecule has 1 nitrogen and oxygen atoms in total. The summed E-state index contributed by atoms with van der Waals surface area (Å²) in [5.41, 5.74) is 6.44. The van der Waals surface area contributed by atoms with E-state index >= 15 is 0 Å². The highest BCUT2D eigenvalue weighted by molar-refractivity contribution is 9.10. The van der Waals surface area contributed by atoms with E-state index in [-0.39, 0.29) is 11.1 Å². The van der Waals surface area contributed by atoms with Gasteiger partial charge in [0, 0.05) is 20.1 Å². The van der Waals surface area contributed by atoms with Crippen molar-refractivity contribution in [1.82, 2.24) is 0 Å². The number of hydrogen-bond acceptors (Lipinski definition) is 1. The van der Waals surface area contributed by atoms with Gasteiger partial charge in [-0.1, -0.05) is 37.9 Å². The van der Waals surface area contributed by atoms with Crippen molar-refractivity contribution >= 4 is 31.9 Å². The second-order valence-corrected chi connectivity index (χ2v) is 5.64. The first kappa shape index (κ1) is 13.6. The summed E-state index contributed by atoms with van der Waals surface area (Å²) in [6.07, 6.45) is 0. The Morgan fingerprint density at radius 1 is 0.833 bits per heavy atom. The molecule has 0 saturated heterocycles. The quantitative estimate of drug-likeness (QED) is 0.818. The van der Waals surface area contributed by atoms with Crippen LogP contribution in [0.2, 0.25) is 0 Å². The van der Waals surface area contributed by atoms with Crippen LogP contribution in [0.4, 0.5) is 8.78 Å². The molecule has 0 radical (unpaired) electrons. The van der Waals surface area contributed by atoms with Crippen molar-refractivity contribution in [3.63, 3.8) is 0 Å². The topological polar surface area (TPSA) is 26.0 Å². The first-order valence-electron chi connectivity index (χ1n) is 5.14. The molecule has 0 bridgehead atoms. The highest BCUT2D eigenvalue weighted by Gasteiger charge is 2.17. The number of hydrogen-bond donors (Lipinski definition) is 1. The van der Waals surface area contributed by atoms with E-state index in [1.807, 2.05) is 0 Å². The van der Waals surface area contributed by atoms with Crippen LogP contribution in [0.3, 0.4) is 0 Å². The standard InChI is InChI=1S/C13H9Br2F2N/c14-7-2-4-11(16)10(5-7)13(18)9-3-1-8(15)6-12(9)17/h1-6,13H,18H2. The van der Waals surface area contributed by atoms with Crippen LogP contribution in [0.15, 0.2) is 45.3 Å². The van der Waals surface area contributed by atoms with Crippen molar-refractivity contribution in [2.75, 3.05) is 0 Å². The first-order chi connectivity index (χ1) is 8.49. The van der Waals surface area contributed by atoms with Crippen LogP contribution in [0.25, 0.3) is 0 Å². The summed E-state index contributed by atoms with van der Waals surface area (Å²) in [6, 6.07) is 8.13. The summed E-state index contributed by atoms with van der Waals surface area (Å²) in [4.78, 5) is 0. The van der Waals surface area contributed by atoms with E-state index in [2.05, 4.69) is 31.9 Å². The molecule has 2 aromatic carbocycles. The zero-order valence-electron chi connectivity index (χ0n) is 9.13. The van der Waals surface area contributed by atoms with Crippen LogP contribution in [-0.4, -0.2) is 0 Å². The van der Waals surface area contributed by atoms with E-state index in [0.29, 0.717) is 8.95 Å². The maximum atomic E-state index is 13.8. The van der Waals surface area contributed by atoms with Gasteiger partial charge in [0.2, 0.25) is 0 Å². The molecular formula is C13H9Br2F2N. The molecule has 1 unspecified atom stereocenters. The summed E-state index contributed by atoms with van der Waals surface area (Å²) in [5, 5.41) is 0. The van der Waals surface area contributed by atoms with Gasteiger partial charge in [0.15, 0.2) is 0 Å². The Labute approximate surface area is 120 Å². The van der Waals surface area contributed by atoms with Gasteiger partial charge in [-0.15, -0.1) is 0 Å². The Hall–Kier alpha value is -0.780. The van der Waals surface area contributed by atoms with Gasteiger partial charge in [-0.05, 0) is 30.3 Å². The molecule has 0 aliphatic heterocycles. The molecule has 2 N–H and O–H groups in total. The monoisotopic (exact) mass is 375 g/mol. The van der Waals surface area contributed by atoms with Gasteiger partial charge in [0.1, 0.15) is 11.6 Å². The third-order valence-corrected chi connectivity index (χ3v) is 3.58. The average molecular weight is 377 g/mol. The zero-order chi connectivity index (χ0) is 13.3. The van der Waals surface area contributed by atoms with Gasteiger partial charge in [-0.3, -0.25) is 0 Å². The minimum atomic E-state index is -0.837. The maximum absolute atomic E-state index is 13.8. The first-order valence-corrected chi connectivity index (χ1v) is 6.73. The Morgan fingerprint density at radius 2 is 1.44 bits per heavy atom. The van der Waals surface area contributed by atoms with Crippen molar-refractivity contribution in [2.24, 2.45) is 5.73 Å². The van der Waals surface area contributed by atoms with Crippen molar-refractivity contribution < 1.29 is 8.78 Å². The molecule has 18 heavy (non-hydrogen) atoms. The molecule has 2 rings (SSSR count). The number of nitrogens with two attached hydrogens (primary N) is 1. The van der Waals surface area contributed by atoms with Gasteiger partial charge < -0.3 is 5.73 Å². The van der Waals surface area contributed by atoms with Crippen molar-refractivity contribution in [2.45, 2.75) is 6.04 Å². The lowest BCUT2D eigenvalue weighted by Crippen LogP contribution is -2.15. The Balaban J connectivity index is 2.47. The summed E-state index contributed by atoms with van der Waals surface area (Å²) < 4.78 is 28.8. The predicted octanol–water partition coefficient (Wildman–Crippen LogP) is 4.54. The second kappa shape index (κ2) is 5.47. The summed E-state index contributed by atoms with van der Waals surface area (Å²) >= 11 is 6.41. The molecule has 2 aromatic rings. The van der Waals surface area contributed by atoms with Crippen molar-refractivity contribution in [1.29, 1.82) is 0 Å². The van der Waals surface area contributed by atoms with Crippen LogP contribution in [0.5, 0.6) is 0 Å². The van der Waals surface area contributed by atoms with Crippen LogP contribution in [0, 0.1) is 11.6 Å². The molecule has 0 saturated carbocycles. The highest BCUT2D eigenvalue weighted by Crippen LogP contribution is 2.28. The lowest BCUT2D eigenvalue weighted by Gasteiger charge is -2.15. The Kier molecular flexibility index (Phi) is 4.14. The smallest absolute Gasteiger partial charge is 0.129 e. The molecular weight excluding hydrogens is 368 g/mol. The van der Waals surface area contributed by atoms with E-state index in [4.69, 9.17) is 5.73 Å². The maximum Gasteiger partial charge on any atom is 0.129 e. The number of benzene rings is 2. The summed E-state index contributed by atoms with van der Waals surface area (Å²) in [7, 11) is 0. The van der Waals surface area contributed by atoms with E-state index in [0.717, 1.165) is 0 Å². The molecule has 0 heterocycles. The molecule has 5 heteroatoms. The van der Waals surface area contributed by atoms with E-state index < -0.39 is 17.7 Å². The third kappa shape index (κ3) is 2.79. The Bertz CT molecular complexity index is 587. The van der Waals surface area contributed by atoms with Crippen molar-refractivity contribution in [3.05, 3.63) is 68.1 Å². The predicted molar refractivity (Wildman–Crippen MR) is 74.2 cm³/mol. The fourth-order valence-electron chi connectivity index (χ4n) is 1.67. The van der Waals surface area contributed by atoms with Gasteiger partial charge in [0.25, 0.3) is 0 Å². The largest absolute Gasteiger partial charge is 0.320 e. The molecule has 94 valence electrons. The molecule has 1 atom stereocenters. The lowest BCUT2D eigenvalue weighted by molar-refractivity contribution is 0.575. The molecule has 0 aromatic heterocycles. The fraction of sp³-hybridized carbons (Fsp3) is 0.0769. The van der Waals surface area contributed by atoms with Crippen LogP contribution in [0.1, 0.15) is 17.2 Å². The van der Waals surface area contributed by atoms with Crippen LogP contribution in [-0.2, 0) is 0 Å². The van der Waals surface area contributed by atoms with Crippen molar-refractivity contribution in [3.8, 4) is 0 Å². The summed E-state index contributed by atoms with van der Waals surface area (Å²) in [5.74, 6) is -0.913. The number of halogens is 4. The molecule has 0 fully saturated rings. The van der Waals surface area contributed by atoms with Crippen LogP contribution >= 0.6 is 31.9 Å². The fourth-order valence-corrected chi connectivity index (χ4v) is 2.39. The zero-order valence-corrected chi connectivity index (χ0v) is 12.3. The number of rotatable bonds is 2.